The average molecular weight is 292 g/mol. The van der Waals surface area contributed by atoms with Gasteiger partial charge in [-0.05, 0) is 18.4 Å². The van der Waals surface area contributed by atoms with E-state index in [1.54, 1.807) is 11.8 Å². The van der Waals surface area contributed by atoms with Crippen LogP contribution >= 0.6 is 11.8 Å². The molecule has 2 atom stereocenters. The van der Waals surface area contributed by atoms with Crippen LogP contribution in [0.1, 0.15) is 19.8 Å². The van der Waals surface area contributed by atoms with Crippen LogP contribution in [0.15, 0.2) is 0 Å². The second kappa shape index (κ2) is 9.76. The van der Waals surface area contributed by atoms with Crippen molar-refractivity contribution in [2.75, 3.05) is 18.6 Å². The van der Waals surface area contributed by atoms with Crippen LogP contribution in [0, 0.1) is 0 Å². The molecule has 0 aliphatic heterocycles. The van der Waals surface area contributed by atoms with Gasteiger partial charge in [0.05, 0.1) is 6.61 Å². The third-order valence-electron chi connectivity index (χ3n) is 2.17. The van der Waals surface area contributed by atoms with Crippen molar-refractivity contribution in [1.29, 1.82) is 0 Å². The van der Waals surface area contributed by atoms with E-state index in [2.05, 4.69) is 9.47 Å². The molecule has 110 valence electrons. The molecule has 7 nitrogen and oxygen atoms in total. The number of carbonyl (C=O) groups excluding carboxylic acids is 3. The van der Waals surface area contributed by atoms with Crippen molar-refractivity contribution < 1.29 is 23.9 Å². The number of rotatable bonds is 8. The monoisotopic (exact) mass is 292 g/mol. The zero-order valence-electron chi connectivity index (χ0n) is 11.1. The summed E-state index contributed by atoms with van der Waals surface area (Å²) in [5, 5.41) is 0. The Labute approximate surface area is 116 Å². The SMILES string of the molecule is CSCC[C@H](N)C(=O)OC(=O)[C@@H](N)CCOC(C)=O. The predicted octanol–water partition coefficient (Wildman–Crippen LogP) is -0.583. The van der Waals surface area contributed by atoms with Gasteiger partial charge in [0.1, 0.15) is 12.1 Å². The van der Waals surface area contributed by atoms with E-state index in [1.165, 1.54) is 6.92 Å². The number of nitrogens with two attached hydrogens (primary N) is 2. The van der Waals surface area contributed by atoms with Crippen LogP contribution in [0.3, 0.4) is 0 Å². The van der Waals surface area contributed by atoms with E-state index in [9.17, 15) is 14.4 Å². The molecule has 0 saturated carbocycles. The molecule has 0 amide bonds. The lowest BCUT2D eigenvalue weighted by Crippen LogP contribution is -2.40. The van der Waals surface area contributed by atoms with Crippen LogP contribution in [-0.2, 0) is 23.9 Å². The maximum absolute atomic E-state index is 11.4. The first-order chi connectivity index (χ1) is 8.88. The molecule has 0 saturated heterocycles. The van der Waals surface area contributed by atoms with E-state index >= 15 is 0 Å². The molecule has 4 N–H and O–H groups in total. The Morgan fingerprint density at radius 3 is 2.11 bits per heavy atom. The average Bonchev–Trinajstić information content (AvgIpc) is 2.34. The van der Waals surface area contributed by atoms with Gasteiger partial charge in [-0.1, -0.05) is 0 Å². The lowest BCUT2D eigenvalue weighted by molar-refractivity contribution is -0.162. The van der Waals surface area contributed by atoms with Crippen molar-refractivity contribution in [1.82, 2.24) is 0 Å². The van der Waals surface area contributed by atoms with Crippen molar-refractivity contribution in [3.63, 3.8) is 0 Å². The molecule has 0 aliphatic carbocycles. The predicted molar refractivity (Wildman–Crippen MR) is 71.3 cm³/mol. The lowest BCUT2D eigenvalue weighted by Gasteiger charge is -2.13. The highest BCUT2D eigenvalue weighted by Gasteiger charge is 2.22. The summed E-state index contributed by atoms with van der Waals surface area (Å²) in [6.07, 6.45) is 2.40. The molecule has 0 spiro atoms. The van der Waals surface area contributed by atoms with Crippen LogP contribution in [-0.4, -0.2) is 48.6 Å². The van der Waals surface area contributed by atoms with Crippen molar-refractivity contribution in [3.8, 4) is 0 Å². The minimum Gasteiger partial charge on any atom is -0.466 e. The molecule has 0 radical (unpaired) electrons. The van der Waals surface area contributed by atoms with E-state index in [1.807, 2.05) is 6.26 Å². The zero-order valence-corrected chi connectivity index (χ0v) is 11.9. The molecule has 0 aliphatic rings. The van der Waals surface area contributed by atoms with Crippen LogP contribution in [0.2, 0.25) is 0 Å². The first-order valence-corrected chi connectivity index (χ1v) is 7.16. The molecule has 0 bridgehead atoms. The van der Waals surface area contributed by atoms with E-state index < -0.39 is 30.0 Å². The van der Waals surface area contributed by atoms with Gasteiger partial charge < -0.3 is 20.9 Å². The Bertz CT molecular complexity index is 324. The van der Waals surface area contributed by atoms with Crippen molar-refractivity contribution in [2.45, 2.75) is 31.8 Å². The molecule has 0 unspecified atom stereocenters. The number of hydrogen-bond donors (Lipinski definition) is 2. The van der Waals surface area contributed by atoms with Gasteiger partial charge in [-0.25, -0.2) is 9.59 Å². The van der Waals surface area contributed by atoms with Gasteiger partial charge in [-0.3, -0.25) is 4.79 Å². The summed E-state index contributed by atoms with van der Waals surface area (Å²) in [5.74, 6) is -1.42. The number of thioether (sulfide) groups is 1. The lowest BCUT2D eigenvalue weighted by atomic mass is 10.2. The van der Waals surface area contributed by atoms with Gasteiger partial charge in [0.15, 0.2) is 0 Å². The van der Waals surface area contributed by atoms with Gasteiger partial charge in [0, 0.05) is 13.3 Å². The van der Waals surface area contributed by atoms with Crippen molar-refractivity contribution >= 4 is 29.7 Å². The third-order valence-corrected chi connectivity index (χ3v) is 2.82. The van der Waals surface area contributed by atoms with Crippen molar-refractivity contribution in [2.24, 2.45) is 11.5 Å². The van der Waals surface area contributed by atoms with Gasteiger partial charge in [0.2, 0.25) is 0 Å². The summed E-state index contributed by atoms with van der Waals surface area (Å²) in [7, 11) is 0. The van der Waals surface area contributed by atoms with E-state index in [4.69, 9.17) is 11.5 Å². The second-order valence-corrected chi connectivity index (χ2v) is 4.85. The van der Waals surface area contributed by atoms with Gasteiger partial charge in [-0.15, -0.1) is 0 Å². The fraction of sp³-hybridized carbons (Fsp3) is 0.727. The Kier molecular flexibility index (Phi) is 9.19. The van der Waals surface area contributed by atoms with Crippen LogP contribution in [0.5, 0.6) is 0 Å². The maximum Gasteiger partial charge on any atom is 0.330 e. The highest BCUT2D eigenvalue weighted by molar-refractivity contribution is 7.98. The Hall–Kier alpha value is -1.12. The first kappa shape index (κ1) is 17.9. The molecule has 0 heterocycles. The van der Waals surface area contributed by atoms with E-state index in [0.29, 0.717) is 12.2 Å². The van der Waals surface area contributed by atoms with Gasteiger partial charge >= 0.3 is 17.9 Å². The quantitative estimate of drug-likeness (QED) is 0.450. The Balaban J connectivity index is 4.00. The highest BCUT2D eigenvalue weighted by atomic mass is 32.2. The summed E-state index contributed by atoms with van der Waals surface area (Å²) in [4.78, 5) is 33.4. The number of ether oxygens (including phenoxy) is 2. The molecular weight excluding hydrogens is 272 g/mol. The second-order valence-electron chi connectivity index (χ2n) is 3.86. The van der Waals surface area contributed by atoms with Crippen molar-refractivity contribution in [3.05, 3.63) is 0 Å². The van der Waals surface area contributed by atoms with E-state index in [-0.39, 0.29) is 13.0 Å². The normalized spacial score (nSPS) is 13.5. The molecule has 0 aromatic carbocycles. The minimum atomic E-state index is -1.02. The summed E-state index contributed by atoms with van der Waals surface area (Å²) < 4.78 is 9.18. The number of carbonyl (C=O) groups is 3. The van der Waals surface area contributed by atoms with E-state index in [0.717, 1.165) is 0 Å². The summed E-state index contributed by atoms with van der Waals surface area (Å²) >= 11 is 1.54. The maximum atomic E-state index is 11.4. The summed E-state index contributed by atoms with van der Waals surface area (Å²) in [6, 6.07) is -1.85. The molecule has 0 aromatic heterocycles. The zero-order chi connectivity index (χ0) is 14.8. The molecule has 19 heavy (non-hydrogen) atoms. The first-order valence-electron chi connectivity index (χ1n) is 5.77. The number of esters is 3. The molecule has 0 aromatic rings. The fourth-order valence-corrected chi connectivity index (χ4v) is 1.55. The topological polar surface area (TPSA) is 122 Å². The largest absolute Gasteiger partial charge is 0.466 e. The Morgan fingerprint density at radius 1 is 1.11 bits per heavy atom. The minimum absolute atomic E-state index is 0.00167. The van der Waals surface area contributed by atoms with Gasteiger partial charge in [0.25, 0.3) is 0 Å². The molecule has 0 fully saturated rings. The number of hydrogen-bond acceptors (Lipinski definition) is 8. The molecule has 8 heteroatoms. The summed E-state index contributed by atoms with van der Waals surface area (Å²) in [5.41, 5.74) is 11.0. The standard InChI is InChI=1S/C11H20N2O5S/c1-7(14)17-5-3-8(12)10(15)18-11(16)9(13)4-6-19-2/h8-9H,3-6,12-13H2,1-2H3/t8-,9-/m0/s1. The smallest absolute Gasteiger partial charge is 0.330 e. The van der Waals surface area contributed by atoms with Gasteiger partial charge in [-0.2, -0.15) is 11.8 Å². The highest BCUT2D eigenvalue weighted by Crippen LogP contribution is 2.02. The third kappa shape index (κ3) is 8.57. The fourth-order valence-electron chi connectivity index (χ4n) is 1.06. The summed E-state index contributed by atoms with van der Waals surface area (Å²) in [6.45, 7) is 1.25. The van der Waals surface area contributed by atoms with Crippen LogP contribution in [0.4, 0.5) is 0 Å². The molecular formula is C11H20N2O5S. The molecule has 0 rings (SSSR count). The van der Waals surface area contributed by atoms with Crippen LogP contribution in [0.25, 0.3) is 0 Å². The Morgan fingerprint density at radius 2 is 1.63 bits per heavy atom. The van der Waals surface area contributed by atoms with Crippen LogP contribution < -0.4 is 11.5 Å².